The van der Waals surface area contributed by atoms with Crippen LogP contribution in [-0.4, -0.2) is 95.2 Å². The second-order valence-electron chi connectivity index (χ2n) is 12.1. The Balaban J connectivity index is 1.66. The summed E-state index contributed by atoms with van der Waals surface area (Å²) in [5.41, 5.74) is -3.66. The van der Waals surface area contributed by atoms with Gasteiger partial charge in [-0.05, 0) is 37.1 Å². The van der Waals surface area contributed by atoms with Crippen molar-refractivity contribution in [3.8, 4) is 0 Å². The van der Waals surface area contributed by atoms with Gasteiger partial charge >= 0.3 is 5.97 Å². The molecule has 0 aromatic heterocycles. The van der Waals surface area contributed by atoms with Crippen LogP contribution in [0.25, 0.3) is 0 Å². The van der Waals surface area contributed by atoms with Crippen LogP contribution in [-0.2, 0) is 19.0 Å². The molecular formula is C25H39NO7. The highest BCUT2D eigenvalue weighted by Gasteiger charge is 2.91. The molecular weight excluding hydrogens is 426 g/mol. The van der Waals surface area contributed by atoms with E-state index in [0.717, 1.165) is 25.9 Å². The van der Waals surface area contributed by atoms with E-state index in [2.05, 4.69) is 18.7 Å². The SMILES string of the molecule is CCN1C[C@]2(C)CC[C@H](O)[C@@]34[C@@H]5C[C@H]6[C@H](OC(C)=O)[C@@H]5[C@](OC)(C[C@@H]6OC)[C@](O)([C@H](O)[C@H]23)[C@@H]14. The predicted molar refractivity (Wildman–Crippen MR) is 117 cm³/mol. The monoisotopic (exact) mass is 465 g/mol. The maximum Gasteiger partial charge on any atom is 0.302 e. The number of aliphatic hydroxyl groups is 3. The molecule has 0 unspecified atom stereocenters. The number of likely N-dealkylation sites (tertiary alicyclic amines) is 1. The predicted octanol–water partition coefficient (Wildman–Crippen LogP) is 0.561. The Bertz CT molecular complexity index is 870. The number of nitrogens with zero attached hydrogens (tertiary/aromatic N) is 1. The molecule has 3 N–H and O–H groups in total. The third-order valence-electron chi connectivity index (χ3n) is 11.4. The van der Waals surface area contributed by atoms with Crippen molar-refractivity contribution in [3.05, 3.63) is 0 Å². The van der Waals surface area contributed by atoms with Crippen LogP contribution < -0.4 is 0 Å². The van der Waals surface area contributed by atoms with Crippen molar-refractivity contribution in [2.24, 2.45) is 34.5 Å². The largest absolute Gasteiger partial charge is 0.462 e. The molecule has 6 fully saturated rings. The minimum Gasteiger partial charge on any atom is -0.462 e. The van der Waals surface area contributed by atoms with Crippen molar-refractivity contribution >= 4 is 5.97 Å². The third-order valence-corrected chi connectivity index (χ3v) is 11.4. The quantitative estimate of drug-likeness (QED) is 0.517. The van der Waals surface area contributed by atoms with Crippen LogP contribution in [0.1, 0.15) is 46.5 Å². The zero-order chi connectivity index (χ0) is 23.7. The first-order valence-electron chi connectivity index (χ1n) is 12.7. The van der Waals surface area contributed by atoms with Crippen LogP contribution >= 0.6 is 0 Å². The molecule has 33 heavy (non-hydrogen) atoms. The lowest BCUT2D eigenvalue weighted by Gasteiger charge is -2.70. The third kappa shape index (κ3) is 2.16. The molecule has 5 saturated carbocycles. The smallest absolute Gasteiger partial charge is 0.302 e. The molecule has 0 aromatic rings. The standard InChI is InChI=1S/C25H39NO7/c1-6-26-11-22(3)8-7-16(28)24-14-9-13-15(31-4)10-23(32-5,17(14)18(13)33-12(2)27)25(30,21(24)26)20(29)19(22)24/h13-21,28-30H,6-11H2,1-5H3/t13-,14-,15+,16+,17-,18+,19-,20-,21+,22+,23-,24+,25+/m1/s1. The average molecular weight is 466 g/mol. The highest BCUT2D eigenvalue weighted by molar-refractivity contribution is 5.66. The second-order valence-corrected chi connectivity index (χ2v) is 12.1. The Morgan fingerprint density at radius 1 is 1.24 bits per heavy atom. The zero-order valence-corrected chi connectivity index (χ0v) is 20.4. The van der Waals surface area contributed by atoms with Gasteiger partial charge in [0.15, 0.2) is 0 Å². The Morgan fingerprint density at radius 2 is 1.97 bits per heavy atom. The minimum absolute atomic E-state index is 0.0252. The normalized spacial score (nSPS) is 60.7. The molecule has 6 aliphatic rings. The number of hydrogen-bond donors (Lipinski definition) is 3. The van der Waals surface area contributed by atoms with E-state index < -0.39 is 41.0 Å². The summed E-state index contributed by atoms with van der Waals surface area (Å²) in [6.07, 6.45) is 0.192. The van der Waals surface area contributed by atoms with Crippen LogP contribution in [0, 0.1) is 34.5 Å². The molecule has 0 radical (unpaired) electrons. The zero-order valence-electron chi connectivity index (χ0n) is 20.4. The number of piperidine rings is 1. The van der Waals surface area contributed by atoms with Crippen molar-refractivity contribution in [3.63, 3.8) is 0 Å². The van der Waals surface area contributed by atoms with Gasteiger partial charge in [0.2, 0.25) is 0 Å². The molecule has 186 valence electrons. The summed E-state index contributed by atoms with van der Waals surface area (Å²) in [6.45, 7) is 7.24. The average Bonchev–Trinajstić information content (AvgIpc) is 3.14. The lowest BCUT2D eigenvalue weighted by molar-refractivity contribution is -0.322. The number of rotatable bonds is 4. The fourth-order valence-electron chi connectivity index (χ4n) is 10.8. The number of ether oxygens (including phenoxy) is 3. The van der Waals surface area contributed by atoms with Gasteiger partial charge in [0, 0.05) is 57.3 Å². The van der Waals surface area contributed by atoms with E-state index >= 15 is 0 Å². The van der Waals surface area contributed by atoms with E-state index in [4.69, 9.17) is 14.2 Å². The van der Waals surface area contributed by atoms with Crippen LogP contribution in [0.4, 0.5) is 0 Å². The van der Waals surface area contributed by atoms with Crippen LogP contribution in [0.5, 0.6) is 0 Å². The lowest BCUT2D eigenvalue weighted by Crippen LogP contribution is -2.82. The first kappa shape index (κ1) is 22.7. The van der Waals surface area contributed by atoms with E-state index in [9.17, 15) is 20.1 Å². The summed E-state index contributed by atoms with van der Waals surface area (Å²) < 4.78 is 18.2. The molecule has 1 spiro atoms. The van der Waals surface area contributed by atoms with E-state index in [1.807, 2.05) is 0 Å². The second kappa shape index (κ2) is 6.71. The summed E-state index contributed by atoms with van der Waals surface area (Å²) in [7, 11) is 3.26. The Kier molecular flexibility index (Phi) is 4.61. The number of methoxy groups -OCH3 is 2. The number of carbonyl (C=O) groups excluding carboxylic acids is 1. The number of carbonyl (C=O) groups is 1. The van der Waals surface area contributed by atoms with Crippen molar-refractivity contribution in [2.45, 2.75) is 88.1 Å². The Labute approximate surface area is 195 Å². The molecule has 0 amide bonds. The van der Waals surface area contributed by atoms with Gasteiger partial charge in [-0.15, -0.1) is 0 Å². The summed E-state index contributed by atoms with van der Waals surface area (Å²) in [6, 6.07) is -0.424. The summed E-state index contributed by atoms with van der Waals surface area (Å²) in [5, 5.41) is 36.8. The molecule has 8 heteroatoms. The molecule has 1 heterocycles. The lowest BCUT2D eigenvalue weighted by atomic mass is 9.43. The molecule has 13 atom stereocenters. The van der Waals surface area contributed by atoms with Gasteiger partial charge in [-0.25, -0.2) is 0 Å². The number of aliphatic hydroxyl groups excluding tert-OH is 2. The molecule has 8 nitrogen and oxygen atoms in total. The molecule has 7 bridgehead atoms. The van der Waals surface area contributed by atoms with E-state index in [0.29, 0.717) is 12.8 Å². The van der Waals surface area contributed by atoms with Gasteiger partial charge in [-0.3, -0.25) is 9.69 Å². The van der Waals surface area contributed by atoms with Gasteiger partial charge in [-0.2, -0.15) is 0 Å². The van der Waals surface area contributed by atoms with Crippen molar-refractivity contribution < 1.29 is 34.3 Å². The van der Waals surface area contributed by atoms with E-state index in [-0.39, 0.29) is 41.2 Å². The van der Waals surface area contributed by atoms with Gasteiger partial charge in [0.1, 0.15) is 17.3 Å². The Hall–Kier alpha value is -0.770. The minimum atomic E-state index is -1.61. The molecule has 1 saturated heterocycles. The summed E-state index contributed by atoms with van der Waals surface area (Å²) in [5.74, 6) is -0.990. The van der Waals surface area contributed by atoms with Gasteiger partial charge in [0.05, 0.1) is 24.4 Å². The number of likely N-dealkylation sites (N-methyl/N-ethyl adjacent to an activating group) is 1. The molecule has 0 aromatic carbocycles. The molecule has 1 aliphatic heterocycles. The highest BCUT2D eigenvalue weighted by Crippen LogP contribution is 2.80. The van der Waals surface area contributed by atoms with Crippen LogP contribution in [0.2, 0.25) is 0 Å². The van der Waals surface area contributed by atoms with Gasteiger partial charge < -0.3 is 29.5 Å². The van der Waals surface area contributed by atoms with Crippen molar-refractivity contribution in [1.82, 2.24) is 4.90 Å². The maximum absolute atomic E-state index is 12.9. The van der Waals surface area contributed by atoms with Gasteiger partial charge in [0.25, 0.3) is 0 Å². The summed E-state index contributed by atoms with van der Waals surface area (Å²) in [4.78, 5) is 14.5. The fourth-order valence-corrected chi connectivity index (χ4v) is 10.8. The summed E-state index contributed by atoms with van der Waals surface area (Å²) >= 11 is 0. The molecule has 5 aliphatic carbocycles. The maximum atomic E-state index is 12.9. The first-order valence-corrected chi connectivity index (χ1v) is 12.7. The Morgan fingerprint density at radius 3 is 2.58 bits per heavy atom. The highest BCUT2D eigenvalue weighted by atomic mass is 16.6. The number of fused-ring (bicyclic) bond motifs is 2. The van der Waals surface area contributed by atoms with E-state index in [1.165, 1.54) is 6.92 Å². The molecule has 6 rings (SSSR count). The van der Waals surface area contributed by atoms with Crippen LogP contribution in [0.15, 0.2) is 0 Å². The van der Waals surface area contributed by atoms with Gasteiger partial charge in [-0.1, -0.05) is 13.8 Å². The first-order chi connectivity index (χ1) is 15.6. The number of hydrogen-bond acceptors (Lipinski definition) is 8. The van der Waals surface area contributed by atoms with Crippen LogP contribution in [0.3, 0.4) is 0 Å². The number of esters is 1. The van der Waals surface area contributed by atoms with Crippen molar-refractivity contribution in [2.75, 3.05) is 27.3 Å². The van der Waals surface area contributed by atoms with Crippen molar-refractivity contribution in [1.29, 1.82) is 0 Å². The fraction of sp³-hybridized carbons (Fsp3) is 0.960. The topological polar surface area (TPSA) is 109 Å². The van der Waals surface area contributed by atoms with E-state index in [1.54, 1.807) is 14.2 Å².